The maximum absolute atomic E-state index is 11.7. The molecule has 0 radical (unpaired) electrons. The highest BCUT2D eigenvalue weighted by Gasteiger charge is 2.27. The molecule has 1 N–H and O–H groups in total. The van der Waals surface area contributed by atoms with Crippen LogP contribution in [0.5, 0.6) is 0 Å². The van der Waals surface area contributed by atoms with Gasteiger partial charge in [0, 0.05) is 18.3 Å². The van der Waals surface area contributed by atoms with Crippen molar-refractivity contribution < 1.29 is 9.53 Å². The van der Waals surface area contributed by atoms with E-state index in [4.69, 9.17) is 4.74 Å². The van der Waals surface area contributed by atoms with Crippen molar-refractivity contribution in [1.29, 1.82) is 0 Å². The molecule has 2 atom stereocenters. The number of carbonyl (C=O) groups is 1. The summed E-state index contributed by atoms with van der Waals surface area (Å²) < 4.78 is 4.86. The van der Waals surface area contributed by atoms with Gasteiger partial charge < -0.3 is 15.0 Å². The topological polar surface area (TPSA) is 41.6 Å². The van der Waals surface area contributed by atoms with Gasteiger partial charge in [0.1, 0.15) is 6.04 Å². The van der Waals surface area contributed by atoms with Crippen LogP contribution in [0, 0.1) is 0 Å². The number of ether oxygens (including phenoxy) is 1. The van der Waals surface area contributed by atoms with Crippen LogP contribution in [0.25, 0.3) is 0 Å². The third-order valence-corrected chi connectivity index (χ3v) is 3.94. The lowest BCUT2D eigenvalue weighted by atomic mass is 10.1. The fraction of sp³-hybridized carbons (Fsp3) is 0.562. The number of anilines is 1. The van der Waals surface area contributed by atoms with Crippen molar-refractivity contribution in [2.75, 3.05) is 25.1 Å². The van der Waals surface area contributed by atoms with E-state index in [1.165, 1.54) is 18.4 Å². The summed E-state index contributed by atoms with van der Waals surface area (Å²) in [6, 6.07) is 8.79. The molecule has 4 nitrogen and oxygen atoms in total. The van der Waals surface area contributed by atoms with Gasteiger partial charge in [0.2, 0.25) is 0 Å². The molecule has 4 heteroatoms. The van der Waals surface area contributed by atoms with Gasteiger partial charge in [-0.25, -0.2) is 0 Å². The zero-order valence-electron chi connectivity index (χ0n) is 12.6. The van der Waals surface area contributed by atoms with E-state index >= 15 is 0 Å². The SMILES string of the molecule is CCNC(CCN1c2ccccc2CC1C)C(=O)OC. The number of esters is 1. The molecule has 0 saturated heterocycles. The third-order valence-electron chi connectivity index (χ3n) is 3.94. The van der Waals surface area contributed by atoms with Gasteiger partial charge >= 0.3 is 5.97 Å². The summed E-state index contributed by atoms with van der Waals surface area (Å²) in [6.07, 6.45) is 1.85. The Morgan fingerprint density at radius 1 is 1.50 bits per heavy atom. The second-order valence-corrected chi connectivity index (χ2v) is 5.30. The van der Waals surface area contributed by atoms with Crippen molar-refractivity contribution in [3.63, 3.8) is 0 Å². The van der Waals surface area contributed by atoms with Crippen LogP contribution in [0.2, 0.25) is 0 Å². The molecule has 1 aliphatic rings. The molecule has 2 unspecified atom stereocenters. The molecule has 0 spiro atoms. The quantitative estimate of drug-likeness (QED) is 0.807. The van der Waals surface area contributed by atoms with Crippen molar-refractivity contribution in [2.24, 2.45) is 0 Å². The molecule has 20 heavy (non-hydrogen) atoms. The van der Waals surface area contributed by atoms with Crippen molar-refractivity contribution in [3.05, 3.63) is 29.8 Å². The van der Waals surface area contributed by atoms with Crippen molar-refractivity contribution >= 4 is 11.7 Å². The van der Waals surface area contributed by atoms with Crippen LogP contribution in [0.1, 0.15) is 25.8 Å². The van der Waals surface area contributed by atoms with E-state index in [1.807, 2.05) is 6.92 Å². The summed E-state index contributed by atoms with van der Waals surface area (Å²) in [5.41, 5.74) is 2.71. The maximum atomic E-state index is 11.7. The van der Waals surface area contributed by atoms with Crippen LogP contribution < -0.4 is 10.2 Å². The fourth-order valence-electron chi connectivity index (χ4n) is 2.93. The molecule has 1 aromatic carbocycles. The predicted octanol–water partition coefficient (Wildman–Crippen LogP) is 1.98. The van der Waals surface area contributed by atoms with Gasteiger partial charge in [-0.05, 0) is 37.9 Å². The van der Waals surface area contributed by atoms with Crippen LogP contribution in [-0.4, -0.2) is 38.3 Å². The monoisotopic (exact) mass is 276 g/mol. The van der Waals surface area contributed by atoms with Gasteiger partial charge in [0.05, 0.1) is 7.11 Å². The molecule has 0 aromatic heterocycles. The molecule has 110 valence electrons. The summed E-state index contributed by atoms with van der Waals surface area (Å²) in [5.74, 6) is -0.174. The third kappa shape index (κ3) is 3.12. The van der Waals surface area contributed by atoms with E-state index in [0.29, 0.717) is 6.04 Å². The normalized spacial score (nSPS) is 18.8. The molecule has 1 aliphatic heterocycles. The Kier molecular flexibility index (Phi) is 5.01. The molecule has 0 fully saturated rings. The van der Waals surface area contributed by atoms with Crippen LogP contribution in [0.4, 0.5) is 5.69 Å². The van der Waals surface area contributed by atoms with E-state index in [1.54, 1.807) is 0 Å². The van der Waals surface area contributed by atoms with Crippen LogP contribution in [0.15, 0.2) is 24.3 Å². The summed E-state index contributed by atoms with van der Waals surface area (Å²) >= 11 is 0. The average Bonchev–Trinajstić information content (AvgIpc) is 2.78. The highest BCUT2D eigenvalue weighted by molar-refractivity contribution is 5.75. The smallest absolute Gasteiger partial charge is 0.322 e. The van der Waals surface area contributed by atoms with Crippen LogP contribution in [0.3, 0.4) is 0 Å². The first-order valence-electron chi connectivity index (χ1n) is 7.33. The highest BCUT2D eigenvalue weighted by Crippen LogP contribution is 2.31. The van der Waals surface area contributed by atoms with E-state index < -0.39 is 0 Å². The van der Waals surface area contributed by atoms with Gasteiger partial charge in [-0.15, -0.1) is 0 Å². The van der Waals surface area contributed by atoms with Gasteiger partial charge in [0.25, 0.3) is 0 Å². The van der Waals surface area contributed by atoms with Crippen LogP contribution in [-0.2, 0) is 16.0 Å². The molecule has 1 aromatic rings. The Morgan fingerprint density at radius 3 is 2.95 bits per heavy atom. The zero-order valence-corrected chi connectivity index (χ0v) is 12.6. The van der Waals surface area contributed by atoms with E-state index in [9.17, 15) is 4.79 Å². The van der Waals surface area contributed by atoms with Crippen LogP contribution >= 0.6 is 0 Å². The summed E-state index contributed by atoms with van der Waals surface area (Å²) in [6.45, 7) is 5.88. The number of rotatable bonds is 6. The summed E-state index contributed by atoms with van der Waals surface area (Å²) in [5, 5.41) is 3.19. The Bertz CT molecular complexity index is 462. The fourth-order valence-corrected chi connectivity index (χ4v) is 2.93. The number of benzene rings is 1. The first-order valence-corrected chi connectivity index (χ1v) is 7.33. The lowest BCUT2D eigenvalue weighted by Crippen LogP contribution is -2.41. The number of hydrogen-bond donors (Lipinski definition) is 1. The van der Waals surface area contributed by atoms with Crippen molar-refractivity contribution in [1.82, 2.24) is 5.32 Å². The average molecular weight is 276 g/mol. The standard InChI is InChI=1S/C16H24N2O2/c1-4-17-14(16(19)20-3)9-10-18-12(2)11-13-7-5-6-8-15(13)18/h5-8,12,14,17H,4,9-11H2,1-3H3. The van der Waals surface area contributed by atoms with Crippen molar-refractivity contribution in [2.45, 2.75) is 38.8 Å². The lowest BCUT2D eigenvalue weighted by molar-refractivity contribution is -0.143. The van der Waals surface area contributed by atoms with E-state index in [2.05, 4.69) is 41.4 Å². The largest absolute Gasteiger partial charge is 0.468 e. The molecular weight excluding hydrogens is 252 g/mol. The number of nitrogens with one attached hydrogen (secondary N) is 1. The first kappa shape index (κ1) is 14.9. The number of methoxy groups -OCH3 is 1. The number of nitrogens with zero attached hydrogens (tertiary/aromatic N) is 1. The maximum Gasteiger partial charge on any atom is 0.322 e. The Hall–Kier alpha value is -1.55. The summed E-state index contributed by atoms with van der Waals surface area (Å²) in [7, 11) is 1.44. The molecule has 2 rings (SSSR count). The molecular formula is C16H24N2O2. The number of carbonyl (C=O) groups excluding carboxylic acids is 1. The van der Waals surface area contributed by atoms with Gasteiger partial charge in [-0.2, -0.15) is 0 Å². The van der Waals surface area contributed by atoms with E-state index in [-0.39, 0.29) is 12.0 Å². The van der Waals surface area contributed by atoms with Crippen molar-refractivity contribution in [3.8, 4) is 0 Å². The molecule has 0 aliphatic carbocycles. The zero-order chi connectivity index (χ0) is 14.5. The first-order chi connectivity index (χ1) is 9.67. The molecule has 0 bridgehead atoms. The van der Waals surface area contributed by atoms with E-state index in [0.717, 1.165) is 25.9 Å². The van der Waals surface area contributed by atoms with Gasteiger partial charge in [-0.1, -0.05) is 25.1 Å². The Morgan fingerprint density at radius 2 is 2.25 bits per heavy atom. The number of likely N-dealkylation sites (N-methyl/N-ethyl adjacent to an activating group) is 1. The minimum absolute atomic E-state index is 0.174. The van der Waals surface area contributed by atoms with Gasteiger partial charge in [-0.3, -0.25) is 4.79 Å². The predicted molar refractivity (Wildman–Crippen MR) is 81.1 cm³/mol. The highest BCUT2D eigenvalue weighted by atomic mass is 16.5. The number of para-hydroxylation sites is 1. The Balaban J connectivity index is 2.01. The number of hydrogen-bond acceptors (Lipinski definition) is 4. The van der Waals surface area contributed by atoms with Gasteiger partial charge in [0.15, 0.2) is 0 Å². The minimum atomic E-state index is -0.218. The molecule has 0 saturated carbocycles. The summed E-state index contributed by atoms with van der Waals surface area (Å²) in [4.78, 5) is 14.1. The second kappa shape index (κ2) is 6.75. The molecule has 1 heterocycles. The second-order valence-electron chi connectivity index (χ2n) is 5.30. The minimum Gasteiger partial charge on any atom is -0.468 e. The Labute approximate surface area is 121 Å². The lowest BCUT2D eigenvalue weighted by Gasteiger charge is -2.27. The number of fused-ring (bicyclic) bond motifs is 1. The molecule has 0 amide bonds.